The van der Waals surface area contributed by atoms with Gasteiger partial charge in [-0.25, -0.2) is 0 Å². The standard InChI is InChI=1S/C26H24N4O2S/c1-3-17-30-24(20-13-8-5-9-14-20)28-29-26(30)33-23(19-11-6-4-7-12-19)25(31)27-21-15-10-16-22(18-21)32-2/h3-16,18,23H,1,17H2,2H3,(H,27,31)/t23-/m1/s1. The van der Waals surface area contributed by atoms with Crippen molar-refractivity contribution in [3.63, 3.8) is 0 Å². The fourth-order valence-corrected chi connectivity index (χ4v) is 4.43. The Morgan fingerprint density at radius 3 is 2.48 bits per heavy atom. The maximum Gasteiger partial charge on any atom is 0.242 e. The smallest absolute Gasteiger partial charge is 0.242 e. The zero-order chi connectivity index (χ0) is 23.0. The first-order chi connectivity index (χ1) is 16.2. The van der Waals surface area contributed by atoms with Crippen molar-refractivity contribution in [1.82, 2.24) is 14.8 Å². The quantitative estimate of drug-likeness (QED) is 0.262. The second kappa shape index (κ2) is 10.7. The molecule has 1 N–H and O–H groups in total. The summed E-state index contributed by atoms with van der Waals surface area (Å²) in [5.74, 6) is 1.25. The molecular weight excluding hydrogens is 432 g/mol. The Balaban J connectivity index is 1.67. The fourth-order valence-electron chi connectivity index (χ4n) is 3.39. The molecule has 4 aromatic rings. The third-order valence-electron chi connectivity index (χ3n) is 4.96. The second-order valence-corrected chi connectivity index (χ2v) is 8.27. The number of aromatic nitrogens is 3. The third kappa shape index (κ3) is 5.32. The molecule has 1 atom stereocenters. The van der Waals surface area contributed by atoms with E-state index in [4.69, 9.17) is 4.74 Å². The van der Waals surface area contributed by atoms with Crippen LogP contribution in [0.15, 0.2) is 103 Å². The Kier molecular flexibility index (Phi) is 7.22. The Morgan fingerprint density at radius 2 is 1.79 bits per heavy atom. The first-order valence-corrected chi connectivity index (χ1v) is 11.3. The van der Waals surface area contributed by atoms with Crippen LogP contribution in [0.3, 0.4) is 0 Å². The number of carbonyl (C=O) groups excluding carboxylic acids is 1. The normalized spacial score (nSPS) is 11.5. The first-order valence-electron chi connectivity index (χ1n) is 10.5. The first kappa shape index (κ1) is 22.4. The molecule has 0 aliphatic carbocycles. The molecule has 0 aliphatic rings. The van der Waals surface area contributed by atoms with Gasteiger partial charge in [0.05, 0.1) is 7.11 Å². The second-order valence-electron chi connectivity index (χ2n) is 7.20. The van der Waals surface area contributed by atoms with Crippen LogP contribution < -0.4 is 10.1 Å². The van der Waals surface area contributed by atoms with Crippen LogP contribution in [0.25, 0.3) is 11.4 Å². The number of methoxy groups -OCH3 is 1. The van der Waals surface area contributed by atoms with Gasteiger partial charge in [0, 0.05) is 23.9 Å². The van der Waals surface area contributed by atoms with E-state index >= 15 is 0 Å². The zero-order valence-electron chi connectivity index (χ0n) is 18.2. The van der Waals surface area contributed by atoms with Gasteiger partial charge >= 0.3 is 0 Å². The summed E-state index contributed by atoms with van der Waals surface area (Å²) in [5.41, 5.74) is 2.49. The highest BCUT2D eigenvalue weighted by Gasteiger charge is 2.26. The van der Waals surface area contributed by atoms with Crippen LogP contribution in [-0.2, 0) is 11.3 Å². The molecule has 33 heavy (non-hydrogen) atoms. The summed E-state index contributed by atoms with van der Waals surface area (Å²) < 4.78 is 7.25. The average Bonchev–Trinajstić information content (AvgIpc) is 3.26. The van der Waals surface area contributed by atoms with Crippen molar-refractivity contribution < 1.29 is 9.53 Å². The van der Waals surface area contributed by atoms with E-state index in [1.54, 1.807) is 19.3 Å². The Morgan fingerprint density at radius 1 is 1.06 bits per heavy atom. The van der Waals surface area contributed by atoms with Crippen molar-refractivity contribution in [2.75, 3.05) is 12.4 Å². The van der Waals surface area contributed by atoms with Crippen molar-refractivity contribution in [2.45, 2.75) is 17.0 Å². The van der Waals surface area contributed by atoms with Gasteiger partial charge in [-0.3, -0.25) is 9.36 Å². The lowest BCUT2D eigenvalue weighted by atomic mass is 10.1. The van der Waals surface area contributed by atoms with Crippen LogP contribution in [0, 0.1) is 0 Å². The molecule has 3 aromatic carbocycles. The van der Waals surface area contributed by atoms with Gasteiger partial charge in [-0.2, -0.15) is 0 Å². The number of amides is 1. The molecule has 1 heterocycles. The number of benzene rings is 3. The topological polar surface area (TPSA) is 69.0 Å². The van der Waals surface area contributed by atoms with Crippen molar-refractivity contribution in [3.05, 3.63) is 103 Å². The molecule has 4 rings (SSSR count). The molecular formula is C26H24N4O2S. The molecule has 0 bridgehead atoms. The highest BCUT2D eigenvalue weighted by molar-refractivity contribution is 8.00. The van der Waals surface area contributed by atoms with E-state index in [-0.39, 0.29) is 5.91 Å². The Labute approximate surface area is 197 Å². The number of thioether (sulfide) groups is 1. The van der Waals surface area contributed by atoms with Gasteiger partial charge in [0.25, 0.3) is 0 Å². The Bertz CT molecular complexity index is 1230. The molecule has 1 aromatic heterocycles. The monoisotopic (exact) mass is 456 g/mol. The van der Waals surface area contributed by atoms with Crippen molar-refractivity contribution in [1.29, 1.82) is 0 Å². The number of anilines is 1. The van der Waals surface area contributed by atoms with Gasteiger partial charge < -0.3 is 10.1 Å². The lowest BCUT2D eigenvalue weighted by Crippen LogP contribution is -2.19. The molecule has 0 spiro atoms. The Hall–Kier alpha value is -3.84. The maximum atomic E-state index is 13.4. The van der Waals surface area contributed by atoms with Crippen LogP contribution in [0.5, 0.6) is 5.75 Å². The van der Waals surface area contributed by atoms with E-state index in [1.807, 2.05) is 83.4 Å². The van der Waals surface area contributed by atoms with E-state index in [1.165, 1.54) is 11.8 Å². The van der Waals surface area contributed by atoms with E-state index in [0.29, 0.717) is 23.1 Å². The summed E-state index contributed by atoms with van der Waals surface area (Å²) in [4.78, 5) is 13.4. The van der Waals surface area contributed by atoms with Gasteiger partial charge in [0.1, 0.15) is 11.0 Å². The zero-order valence-corrected chi connectivity index (χ0v) is 19.0. The molecule has 6 nitrogen and oxygen atoms in total. The average molecular weight is 457 g/mol. The molecule has 0 saturated heterocycles. The van der Waals surface area contributed by atoms with Crippen LogP contribution in [0.1, 0.15) is 10.8 Å². The number of carbonyl (C=O) groups is 1. The molecule has 1 amide bonds. The minimum absolute atomic E-state index is 0.158. The minimum atomic E-state index is -0.534. The predicted octanol–water partition coefficient (Wildman–Crippen LogP) is 5.61. The third-order valence-corrected chi connectivity index (χ3v) is 6.20. The van der Waals surface area contributed by atoms with Crippen molar-refractivity contribution in [2.24, 2.45) is 0 Å². The lowest BCUT2D eigenvalue weighted by molar-refractivity contribution is -0.115. The van der Waals surface area contributed by atoms with Gasteiger partial charge in [-0.1, -0.05) is 84.6 Å². The van der Waals surface area contributed by atoms with E-state index in [0.717, 1.165) is 17.0 Å². The van der Waals surface area contributed by atoms with E-state index < -0.39 is 5.25 Å². The molecule has 0 aliphatic heterocycles. The highest BCUT2D eigenvalue weighted by Crippen LogP contribution is 2.37. The number of nitrogens with zero attached hydrogens (tertiary/aromatic N) is 3. The predicted molar refractivity (Wildman–Crippen MR) is 132 cm³/mol. The van der Waals surface area contributed by atoms with Crippen molar-refractivity contribution >= 4 is 23.4 Å². The molecule has 7 heteroatoms. The van der Waals surface area contributed by atoms with Crippen molar-refractivity contribution in [3.8, 4) is 17.1 Å². The summed E-state index contributed by atoms with van der Waals surface area (Å²) in [6, 6.07) is 26.8. The summed E-state index contributed by atoms with van der Waals surface area (Å²) >= 11 is 1.36. The van der Waals surface area contributed by atoms with Crippen LogP contribution in [-0.4, -0.2) is 27.8 Å². The van der Waals surface area contributed by atoms with Gasteiger partial charge in [-0.05, 0) is 17.7 Å². The summed E-state index contributed by atoms with van der Waals surface area (Å²) in [6.07, 6.45) is 1.80. The summed E-state index contributed by atoms with van der Waals surface area (Å²) in [5, 5.41) is 12.0. The molecule has 0 unspecified atom stereocenters. The van der Waals surface area contributed by atoms with E-state index in [2.05, 4.69) is 22.1 Å². The van der Waals surface area contributed by atoms with Gasteiger partial charge in [0.15, 0.2) is 11.0 Å². The molecule has 166 valence electrons. The van der Waals surface area contributed by atoms with Crippen LogP contribution in [0.4, 0.5) is 5.69 Å². The molecule has 0 radical (unpaired) electrons. The number of hydrogen-bond acceptors (Lipinski definition) is 5. The maximum absolute atomic E-state index is 13.4. The number of hydrogen-bond donors (Lipinski definition) is 1. The molecule has 0 fully saturated rings. The highest BCUT2D eigenvalue weighted by atomic mass is 32.2. The minimum Gasteiger partial charge on any atom is -0.497 e. The summed E-state index contributed by atoms with van der Waals surface area (Å²) in [7, 11) is 1.60. The lowest BCUT2D eigenvalue weighted by Gasteiger charge is -2.17. The number of ether oxygens (including phenoxy) is 1. The number of allylic oxidation sites excluding steroid dienone is 1. The van der Waals surface area contributed by atoms with Gasteiger partial charge in [-0.15, -0.1) is 16.8 Å². The number of rotatable bonds is 9. The van der Waals surface area contributed by atoms with Crippen LogP contribution >= 0.6 is 11.8 Å². The van der Waals surface area contributed by atoms with E-state index in [9.17, 15) is 4.79 Å². The number of nitrogens with one attached hydrogen (secondary N) is 1. The largest absolute Gasteiger partial charge is 0.497 e. The molecule has 0 saturated carbocycles. The fraction of sp³-hybridized carbons (Fsp3) is 0.115. The SMILES string of the molecule is C=CCn1c(S[C@@H](C(=O)Nc2cccc(OC)c2)c2ccccc2)nnc1-c1ccccc1. The van der Waals surface area contributed by atoms with Crippen LogP contribution in [0.2, 0.25) is 0 Å². The summed E-state index contributed by atoms with van der Waals surface area (Å²) in [6.45, 7) is 4.41. The van der Waals surface area contributed by atoms with Gasteiger partial charge in [0.2, 0.25) is 5.91 Å².